The van der Waals surface area contributed by atoms with Gasteiger partial charge in [-0.2, -0.15) is 0 Å². The van der Waals surface area contributed by atoms with Gasteiger partial charge in [0.2, 0.25) is 0 Å². The van der Waals surface area contributed by atoms with Gasteiger partial charge >= 0.3 is 0 Å². The predicted octanol–water partition coefficient (Wildman–Crippen LogP) is 4.43. The van der Waals surface area contributed by atoms with Crippen molar-refractivity contribution < 1.29 is 10.0 Å². The zero-order valence-electron chi connectivity index (χ0n) is 16.2. The van der Waals surface area contributed by atoms with Crippen molar-refractivity contribution in [3.05, 3.63) is 33.4 Å². The molecular formula is C19H29N3O3S. The van der Waals surface area contributed by atoms with Crippen molar-refractivity contribution >= 4 is 28.3 Å². The summed E-state index contributed by atoms with van der Waals surface area (Å²) in [7, 11) is 0. The standard InChI is InChI=1S/C19H29N3O3S/c1-6-15(7-2)10-21-18(14(5)23)11-26-19(21)20-16-8-9-17(22(24)25)13(4)12(16)3/h8-9,14-15,18,23H,6-7,10-11H2,1-5H3/t14-,18+/m1/s1. The van der Waals surface area contributed by atoms with E-state index in [1.807, 2.05) is 13.8 Å². The van der Waals surface area contributed by atoms with Gasteiger partial charge in [0.25, 0.3) is 5.69 Å². The van der Waals surface area contributed by atoms with Crippen LogP contribution in [-0.2, 0) is 0 Å². The lowest BCUT2D eigenvalue weighted by Crippen LogP contribution is -2.43. The molecular weight excluding hydrogens is 350 g/mol. The molecule has 1 fully saturated rings. The van der Waals surface area contributed by atoms with E-state index in [1.165, 1.54) is 6.07 Å². The Morgan fingerprint density at radius 2 is 2.00 bits per heavy atom. The van der Waals surface area contributed by atoms with E-state index in [9.17, 15) is 15.2 Å². The second-order valence-electron chi connectivity index (χ2n) is 6.96. The number of hydrogen-bond acceptors (Lipinski definition) is 5. The van der Waals surface area contributed by atoms with E-state index in [1.54, 1.807) is 24.8 Å². The fourth-order valence-corrected chi connectivity index (χ4v) is 4.54. The monoisotopic (exact) mass is 379 g/mol. The molecule has 0 amide bonds. The SMILES string of the molecule is CCC(CC)CN1C(=Nc2ccc([N+](=O)[O-])c(C)c2C)SC[C@H]1[C@@H](C)O. The molecule has 1 aromatic carbocycles. The largest absolute Gasteiger partial charge is 0.391 e. The summed E-state index contributed by atoms with van der Waals surface area (Å²) in [5.74, 6) is 1.36. The van der Waals surface area contributed by atoms with Crippen molar-refractivity contribution in [3.8, 4) is 0 Å². The molecule has 0 aliphatic carbocycles. The maximum atomic E-state index is 11.1. The molecule has 1 heterocycles. The molecule has 6 nitrogen and oxygen atoms in total. The Morgan fingerprint density at radius 1 is 1.35 bits per heavy atom. The van der Waals surface area contributed by atoms with E-state index in [-0.39, 0.29) is 16.7 Å². The molecule has 144 valence electrons. The predicted molar refractivity (Wildman–Crippen MR) is 108 cm³/mol. The maximum Gasteiger partial charge on any atom is 0.272 e. The second kappa shape index (κ2) is 8.86. The van der Waals surface area contributed by atoms with Crippen LogP contribution in [0, 0.1) is 29.9 Å². The fourth-order valence-electron chi connectivity index (χ4n) is 3.22. The smallest absolute Gasteiger partial charge is 0.272 e. The highest BCUT2D eigenvalue weighted by Gasteiger charge is 2.34. The summed E-state index contributed by atoms with van der Waals surface area (Å²) in [6.07, 6.45) is 1.75. The number of aliphatic hydroxyl groups is 1. The van der Waals surface area contributed by atoms with Gasteiger partial charge in [0.15, 0.2) is 5.17 Å². The number of hydrogen-bond donors (Lipinski definition) is 1. The molecule has 1 saturated heterocycles. The van der Waals surface area contributed by atoms with Crippen molar-refractivity contribution in [1.82, 2.24) is 4.90 Å². The Hall–Kier alpha value is -1.60. The number of aliphatic imine (C=N–C) groups is 1. The summed E-state index contributed by atoms with van der Waals surface area (Å²) in [5, 5.41) is 22.2. The minimum Gasteiger partial charge on any atom is -0.391 e. The maximum absolute atomic E-state index is 11.1. The third-order valence-corrected chi connectivity index (χ3v) is 6.43. The highest BCUT2D eigenvalue weighted by Crippen LogP contribution is 2.34. The number of aliphatic hydroxyl groups excluding tert-OH is 1. The first-order valence-corrected chi connectivity index (χ1v) is 10.2. The molecule has 2 atom stereocenters. The first kappa shape index (κ1) is 20.7. The first-order valence-electron chi connectivity index (χ1n) is 9.20. The van der Waals surface area contributed by atoms with Crippen LogP contribution in [0.25, 0.3) is 0 Å². The van der Waals surface area contributed by atoms with Crippen LogP contribution < -0.4 is 0 Å². The molecule has 1 N–H and O–H groups in total. The van der Waals surface area contributed by atoms with Gasteiger partial charge in [-0.1, -0.05) is 38.5 Å². The van der Waals surface area contributed by atoms with E-state index >= 15 is 0 Å². The number of rotatable bonds is 7. The Morgan fingerprint density at radius 3 is 2.54 bits per heavy atom. The molecule has 26 heavy (non-hydrogen) atoms. The van der Waals surface area contributed by atoms with Gasteiger partial charge in [-0.3, -0.25) is 10.1 Å². The van der Waals surface area contributed by atoms with Crippen LogP contribution in [0.4, 0.5) is 11.4 Å². The molecule has 2 rings (SSSR count). The van der Waals surface area contributed by atoms with Crippen LogP contribution in [0.1, 0.15) is 44.7 Å². The Balaban J connectivity index is 2.38. The molecule has 0 bridgehead atoms. The summed E-state index contributed by atoms with van der Waals surface area (Å²) in [6, 6.07) is 3.30. The van der Waals surface area contributed by atoms with Gasteiger partial charge in [-0.05, 0) is 38.3 Å². The minimum absolute atomic E-state index is 0.0544. The Kier molecular flexibility index (Phi) is 7.06. The van der Waals surface area contributed by atoms with E-state index < -0.39 is 6.10 Å². The first-order chi connectivity index (χ1) is 12.3. The molecule has 1 aliphatic heterocycles. The van der Waals surface area contributed by atoms with Crippen LogP contribution in [0.5, 0.6) is 0 Å². The number of nitrogens with zero attached hydrogens (tertiary/aromatic N) is 3. The summed E-state index contributed by atoms with van der Waals surface area (Å²) >= 11 is 1.65. The van der Waals surface area contributed by atoms with E-state index in [0.717, 1.165) is 41.6 Å². The quantitative estimate of drug-likeness (QED) is 0.560. The molecule has 0 aromatic heterocycles. The zero-order valence-corrected chi connectivity index (χ0v) is 17.0. The van der Waals surface area contributed by atoms with E-state index in [4.69, 9.17) is 4.99 Å². The average Bonchev–Trinajstić information content (AvgIpc) is 2.99. The second-order valence-corrected chi connectivity index (χ2v) is 7.95. The molecule has 0 saturated carbocycles. The van der Waals surface area contributed by atoms with Crippen LogP contribution in [0.15, 0.2) is 17.1 Å². The molecule has 1 aromatic rings. The molecule has 7 heteroatoms. The fraction of sp³-hybridized carbons (Fsp3) is 0.632. The number of nitro groups is 1. The van der Waals surface area contributed by atoms with Crippen molar-refractivity contribution in [2.24, 2.45) is 10.9 Å². The van der Waals surface area contributed by atoms with Crippen LogP contribution in [0.3, 0.4) is 0 Å². The summed E-state index contributed by atoms with van der Waals surface area (Å²) < 4.78 is 0. The topological polar surface area (TPSA) is 79.0 Å². The average molecular weight is 380 g/mol. The van der Waals surface area contributed by atoms with Crippen molar-refractivity contribution in [2.75, 3.05) is 12.3 Å². The third kappa shape index (κ3) is 4.38. The van der Waals surface area contributed by atoms with E-state index in [2.05, 4.69) is 18.7 Å². The van der Waals surface area contributed by atoms with Crippen LogP contribution in [-0.4, -0.2) is 44.5 Å². The number of benzene rings is 1. The van der Waals surface area contributed by atoms with Gasteiger partial charge in [-0.25, -0.2) is 4.99 Å². The van der Waals surface area contributed by atoms with Crippen molar-refractivity contribution in [2.45, 2.75) is 59.6 Å². The summed E-state index contributed by atoms with van der Waals surface area (Å²) in [5.41, 5.74) is 2.37. The number of nitro benzene ring substituents is 1. The lowest BCUT2D eigenvalue weighted by atomic mass is 10.0. The van der Waals surface area contributed by atoms with Gasteiger partial charge in [0, 0.05) is 23.9 Å². The van der Waals surface area contributed by atoms with Crippen molar-refractivity contribution in [3.63, 3.8) is 0 Å². The lowest BCUT2D eigenvalue weighted by Gasteiger charge is -2.31. The summed E-state index contributed by atoms with van der Waals surface area (Å²) in [6.45, 7) is 10.7. The highest BCUT2D eigenvalue weighted by atomic mass is 32.2. The van der Waals surface area contributed by atoms with E-state index in [0.29, 0.717) is 11.5 Å². The van der Waals surface area contributed by atoms with Gasteiger partial charge in [0.1, 0.15) is 0 Å². The van der Waals surface area contributed by atoms with Gasteiger partial charge in [0.05, 0.1) is 22.8 Å². The number of amidine groups is 1. The molecule has 1 aliphatic rings. The number of thioether (sulfide) groups is 1. The van der Waals surface area contributed by atoms with Gasteiger partial charge in [-0.15, -0.1) is 0 Å². The molecule has 0 spiro atoms. The normalized spacial score (nSPS) is 20.2. The van der Waals surface area contributed by atoms with Crippen LogP contribution >= 0.6 is 11.8 Å². The molecule has 0 unspecified atom stereocenters. The lowest BCUT2D eigenvalue weighted by molar-refractivity contribution is -0.385. The van der Waals surface area contributed by atoms with Crippen LogP contribution in [0.2, 0.25) is 0 Å². The van der Waals surface area contributed by atoms with Gasteiger partial charge < -0.3 is 10.0 Å². The Labute approximate surface area is 159 Å². The highest BCUT2D eigenvalue weighted by molar-refractivity contribution is 8.14. The Bertz CT molecular complexity index is 687. The molecule has 0 radical (unpaired) electrons. The third-order valence-electron chi connectivity index (χ3n) is 5.34. The summed E-state index contributed by atoms with van der Waals surface area (Å²) in [4.78, 5) is 17.8. The van der Waals surface area contributed by atoms with Crippen molar-refractivity contribution in [1.29, 1.82) is 0 Å². The minimum atomic E-state index is -0.427. The zero-order chi connectivity index (χ0) is 19.4.